The number of benzene rings is 2. The van der Waals surface area contributed by atoms with Crippen molar-refractivity contribution in [2.75, 3.05) is 0 Å². The maximum atomic E-state index is 6.01. The molecular formula is C24H26Br4P2S2. The molecule has 0 N–H and O–H groups in total. The highest BCUT2D eigenvalue weighted by Crippen LogP contribution is 2.69. The fraction of sp³-hybridized carbons (Fsp3) is 0.333. The second-order valence-electron chi connectivity index (χ2n) is 8.17. The lowest BCUT2D eigenvalue weighted by molar-refractivity contribution is 1.26. The average molecular weight is 760 g/mol. The molecule has 0 nitrogen and oxygen atoms in total. The Morgan fingerprint density at radius 3 is 0.938 bits per heavy atom. The molecule has 0 saturated carbocycles. The predicted octanol–water partition coefficient (Wildman–Crippen LogP) is 9.17. The van der Waals surface area contributed by atoms with Gasteiger partial charge in [0.05, 0.1) is 18.3 Å². The van der Waals surface area contributed by atoms with Crippen LogP contribution in [0, 0.1) is 0 Å². The normalized spacial score (nSPS) is 34.5. The minimum absolute atomic E-state index is 0.335. The highest BCUT2D eigenvalue weighted by atomic mass is 79.9. The Hall–Kier alpha value is 1.14. The van der Waals surface area contributed by atoms with E-state index in [1.54, 1.807) is 0 Å². The van der Waals surface area contributed by atoms with Gasteiger partial charge in [0.2, 0.25) is 0 Å². The van der Waals surface area contributed by atoms with Crippen LogP contribution in [0.25, 0.3) is 0 Å². The Morgan fingerprint density at radius 1 is 0.500 bits per heavy atom. The zero-order chi connectivity index (χ0) is 23.8. The summed E-state index contributed by atoms with van der Waals surface area (Å²) < 4.78 is 1.34. The first kappa shape index (κ1) is 27.7. The lowest BCUT2D eigenvalue weighted by Gasteiger charge is -2.25. The van der Waals surface area contributed by atoms with Gasteiger partial charge in [0, 0.05) is 12.1 Å². The molecule has 8 heteroatoms. The zero-order valence-electron chi connectivity index (χ0n) is 18.3. The Kier molecular flexibility index (Phi) is 9.56. The molecule has 2 aromatic carbocycles. The molecule has 2 aliphatic rings. The van der Waals surface area contributed by atoms with Crippen molar-refractivity contribution in [3.05, 3.63) is 83.0 Å². The first-order chi connectivity index (χ1) is 15.0. The van der Waals surface area contributed by atoms with E-state index in [4.69, 9.17) is 23.6 Å². The molecule has 0 saturated heterocycles. The summed E-state index contributed by atoms with van der Waals surface area (Å²) in [5, 5.41) is 2.62. The zero-order valence-corrected chi connectivity index (χ0v) is 28.1. The summed E-state index contributed by atoms with van der Waals surface area (Å²) in [5.41, 5.74) is 5.59. The van der Waals surface area contributed by atoms with Crippen molar-refractivity contribution in [2.24, 2.45) is 0 Å². The number of alkyl halides is 4. The van der Waals surface area contributed by atoms with E-state index in [0.29, 0.717) is 18.3 Å². The predicted molar refractivity (Wildman–Crippen MR) is 168 cm³/mol. The lowest BCUT2D eigenvalue weighted by Crippen LogP contribution is -2.14. The van der Waals surface area contributed by atoms with Crippen LogP contribution >= 0.6 is 75.8 Å². The smallest absolute Gasteiger partial charge is 0.0696 e. The number of hydrogen-bond acceptors (Lipinski definition) is 2. The summed E-state index contributed by atoms with van der Waals surface area (Å²) in [6.45, 7) is 8.72. The van der Waals surface area contributed by atoms with E-state index in [9.17, 15) is 0 Å². The summed E-state index contributed by atoms with van der Waals surface area (Å²) in [6, 6.07) is 17.8. The van der Waals surface area contributed by atoms with Crippen molar-refractivity contribution >= 4 is 110 Å². The van der Waals surface area contributed by atoms with Crippen molar-refractivity contribution in [2.45, 2.75) is 46.0 Å². The van der Waals surface area contributed by atoms with E-state index in [1.807, 2.05) is 12.1 Å². The molecule has 0 amide bonds. The SMILES string of the molecule is CC1=C(C)[C@H](Br)P(=S)(c2ccccc2)[C@@H]1Br.CC1=C(C)[C@H](Br)P(=S)(c2ccccc2)[C@@H]1Br. The molecule has 4 rings (SSSR count). The van der Waals surface area contributed by atoms with E-state index in [1.165, 1.54) is 32.9 Å². The summed E-state index contributed by atoms with van der Waals surface area (Å²) in [6.07, 6.45) is 0. The standard InChI is InChI=1S/2C12H13Br2PS/c2*1-8-9(2)12(14)15(16,11(8)13)10-6-4-3-5-7-10/h2*3-7,11-12H,1-2H3/t2*11-,12+,15?. The van der Waals surface area contributed by atoms with Gasteiger partial charge < -0.3 is 0 Å². The maximum Gasteiger partial charge on any atom is 0.0696 e. The van der Waals surface area contributed by atoms with Gasteiger partial charge in [-0.25, -0.2) is 0 Å². The van der Waals surface area contributed by atoms with Crippen molar-refractivity contribution in [1.82, 2.24) is 0 Å². The average Bonchev–Trinajstić information content (AvgIpc) is 3.08. The molecule has 2 unspecified atom stereocenters. The summed E-state index contributed by atoms with van der Waals surface area (Å²) >= 11 is 27.2. The first-order valence-corrected chi connectivity index (χ1v) is 19.7. The number of halogens is 4. The molecule has 0 bridgehead atoms. The number of hydrogen-bond donors (Lipinski definition) is 0. The Morgan fingerprint density at radius 2 is 0.719 bits per heavy atom. The van der Waals surface area contributed by atoms with E-state index in [0.717, 1.165) is 0 Å². The van der Waals surface area contributed by atoms with E-state index in [-0.39, 0.29) is 0 Å². The molecule has 0 aromatic heterocycles. The highest BCUT2D eigenvalue weighted by Gasteiger charge is 2.44. The van der Waals surface area contributed by atoms with Crippen LogP contribution < -0.4 is 10.6 Å². The fourth-order valence-electron chi connectivity index (χ4n) is 3.98. The van der Waals surface area contributed by atoms with Gasteiger partial charge in [0.1, 0.15) is 0 Å². The van der Waals surface area contributed by atoms with Crippen LogP contribution in [0.1, 0.15) is 27.7 Å². The second kappa shape index (κ2) is 11.0. The molecule has 0 aliphatic carbocycles. The van der Waals surface area contributed by atoms with Gasteiger partial charge in [-0.1, -0.05) is 170 Å². The van der Waals surface area contributed by atoms with Crippen LogP contribution in [0.3, 0.4) is 0 Å². The van der Waals surface area contributed by atoms with Crippen molar-refractivity contribution < 1.29 is 0 Å². The summed E-state index contributed by atoms with van der Waals surface area (Å²) in [4.78, 5) is 0. The monoisotopic (exact) mass is 756 g/mol. The molecule has 2 heterocycles. The van der Waals surface area contributed by atoms with Crippen LogP contribution in [0.4, 0.5) is 0 Å². The molecule has 6 atom stereocenters. The molecule has 2 aromatic rings. The van der Waals surface area contributed by atoms with E-state index >= 15 is 0 Å². The van der Waals surface area contributed by atoms with E-state index < -0.39 is 12.1 Å². The van der Waals surface area contributed by atoms with Crippen molar-refractivity contribution in [3.8, 4) is 0 Å². The van der Waals surface area contributed by atoms with Crippen molar-refractivity contribution in [1.29, 1.82) is 0 Å². The molecular weight excluding hydrogens is 734 g/mol. The Labute approximate surface area is 236 Å². The third kappa shape index (κ3) is 4.75. The van der Waals surface area contributed by atoms with Crippen LogP contribution in [0.15, 0.2) is 83.0 Å². The maximum absolute atomic E-state index is 6.01. The second-order valence-corrected chi connectivity index (χ2v) is 24.2. The number of allylic oxidation sites excluding steroid dienone is 4. The van der Waals surface area contributed by atoms with Gasteiger partial charge >= 0.3 is 0 Å². The third-order valence-electron chi connectivity index (χ3n) is 6.34. The Balaban J connectivity index is 0.000000181. The van der Waals surface area contributed by atoms with Crippen molar-refractivity contribution in [3.63, 3.8) is 0 Å². The lowest BCUT2D eigenvalue weighted by atomic mass is 10.2. The summed E-state index contributed by atoms with van der Waals surface area (Å²) in [5.74, 6) is 0. The molecule has 32 heavy (non-hydrogen) atoms. The van der Waals surface area contributed by atoms with Crippen LogP contribution in [0.2, 0.25) is 0 Å². The quantitative estimate of drug-likeness (QED) is 0.170. The van der Waals surface area contributed by atoms with E-state index in [2.05, 4.69) is 140 Å². The molecule has 0 spiro atoms. The largest absolute Gasteiger partial charge is 0.0896 e. The van der Waals surface area contributed by atoms with Crippen LogP contribution in [-0.4, -0.2) is 18.3 Å². The minimum Gasteiger partial charge on any atom is -0.0896 e. The van der Waals surface area contributed by atoms with Crippen LogP contribution in [0.5, 0.6) is 0 Å². The van der Waals surface area contributed by atoms with Gasteiger partial charge in [0.25, 0.3) is 0 Å². The molecule has 0 fully saturated rings. The molecule has 0 radical (unpaired) electrons. The van der Waals surface area contributed by atoms with Gasteiger partial charge in [0.15, 0.2) is 0 Å². The number of rotatable bonds is 2. The van der Waals surface area contributed by atoms with Crippen LogP contribution in [-0.2, 0) is 23.6 Å². The first-order valence-electron chi connectivity index (χ1n) is 10.2. The minimum atomic E-state index is -1.62. The highest BCUT2D eigenvalue weighted by molar-refractivity contribution is 9.13. The van der Waals surface area contributed by atoms with Gasteiger partial charge in [-0.2, -0.15) is 0 Å². The van der Waals surface area contributed by atoms with Gasteiger partial charge in [-0.3, -0.25) is 0 Å². The molecule has 2 aliphatic heterocycles. The third-order valence-corrected chi connectivity index (χ3v) is 30.3. The molecule has 172 valence electrons. The fourth-order valence-corrected chi connectivity index (χ4v) is 21.5. The van der Waals surface area contributed by atoms with Gasteiger partial charge in [-0.15, -0.1) is 0 Å². The van der Waals surface area contributed by atoms with Gasteiger partial charge in [-0.05, 0) is 38.3 Å². The Bertz CT molecular complexity index is 1010. The summed E-state index contributed by atoms with van der Waals surface area (Å²) in [7, 11) is 0. The topological polar surface area (TPSA) is 0 Å².